The fourth-order valence-corrected chi connectivity index (χ4v) is 3.71. The number of nitrogens with one attached hydrogen (secondary N) is 2. The number of piperidine rings is 1. The monoisotopic (exact) mass is 274 g/mol. The van der Waals surface area contributed by atoms with E-state index in [2.05, 4.69) is 5.32 Å². The van der Waals surface area contributed by atoms with E-state index in [-0.39, 0.29) is 0 Å². The molecule has 1 atom stereocenters. The van der Waals surface area contributed by atoms with Gasteiger partial charge >= 0.3 is 0 Å². The summed E-state index contributed by atoms with van der Waals surface area (Å²) in [5.74, 6) is 1.15. The molecule has 20 heavy (non-hydrogen) atoms. The van der Waals surface area contributed by atoms with Gasteiger partial charge < -0.3 is 5.32 Å². The second-order valence-corrected chi connectivity index (χ2v) is 6.01. The van der Waals surface area contributed by atoms with E-state index in [0.29, 0.717) is 5.56 Å². The molecule has 2 aliphatic rings. The second-order valence-electron chi connectivity index (χ2n) is 6.01. The molecule has 1 saturated heterocycles. The number of hydrogen-bond acceptors (Lipinski definition) is 3. The van der Waals surface area contributed by atoms with Crippen LogP contribution in [0.1, 0.15) is 40.7 Å². The lowest BCUT2D eigenvalue weighted by molar-refractivity contribution is 0.0706. The largest absolute Gasteiger partial charge is 0.317 e. The van der Waals surface area contributed by atoms with Gasteiger partial charge in [0.15, 0.2) is 0 Å². The van der Waals surface area contributed by atoms with Gasteiger partial charge in [-0.1, -0.05) is 6.07 Å². The predicted octanol–water partition coefficient (Wildman–Crippen LogP) is 1.91. The first-order valence-corrected chi connectivity index (χ1v) is 7.55. The average molecular weight is 274 g/mol. The smallest absolute Gasteiger partial charge is 0.274 e. The molecule has 0 spiro atoms. The van der Waals surface area contributed by atoms with E-state index in [1.807, 2.05) is 12.1 Å². The minimum absolute atomic E-state index is 0.420. The van der Waals surface area contributed by atoms with Crippen LogP contribution in [0.25, 0.3) is 0 Å². The molecular weight excluding hydrogens is 252 g/mol. The molecule has 108 valence electrons. The third-order valence-electron chi connectivity index (χ3n) is 4.89. The van der Waals surface area contributed by atoms with E-state index in [4.69, 9.17) is 5.21 Å². The summed E-state index contributed by atoms with van der Waals surface area (Å²) >= 11 is 0. The molecule has 1 aromatic carbocycles. The number of carbonyl (C=O) groups excluding carboxylic acids is 1. The maximum absolute atomic E-state index is 11.5. The molecule has 3 rings (SSSR count). The van der Waals surface area contributed by atoms with Gasteiger partial charge in [-0.3, -0.25) is 10.0 Å². The minimum atomic E-state index is -0.420. The standard InChI is InChI=1S/C16H22N2O2/c19-16(18-20)14-4-2-11-1-3-13(9-15(11)10-14)12-5-7-17-8-6-12/h2,4,10,12-13,17,20H,1,3,5-9H2,(H,18,19). The van der Waals surface area contributed by atoms with Crippen molar-refractivity contribution < 1.29 is 10.0 Å². The average Bonchev–Trinajstić information content (AvgIpc) is 2.54. The van der Waals surface area contributed by atoms with E-state index in [1.54, 1.807) is 11.5 Å². The van der Waals surface area contributed by atoms with Crippen LogP contribution in [0.5, 0.6) is 0 Å². The van der Waals surface area contributed by atoms with Crippen molar-refractivity contribution in [2.75, 3.05) is 13.1 Å². The van der Waals surface area contributed by atoms with Crippen molar-refractivity contribution in [2.24, 2.45) is 11.8 Å². The van der Waals surface area contributed by atoms with Crippen LogP contribution in [-0.4, -0.2) is 24.2 Å². The molecule has 1 unspecified atom stereocenters. The zero-order valence-electron chi connectivity index (χ0n) is 11.7. The summed E-state index contributed by atoms with van der Waals surface area (Å²) in [6.45, 7) is 2.28. The predicted molar refractivity (Wildman–Crippen MR) is 76.8 cm³/mol. The molecule has 3 N–H and O–H groups in total. The van der Waals surface area contributed by atoms with Crippen molar-refractivity contribution in [3.63, 3.8) is 0 Å². The number of carbonyl (C=O) groups is 1. The molecule has 1 aliphatic carbocycles. The zero-order valence-corrected chi connectivity index (χ0v) is 11.7. The van der Waals surface area contributed by atoms with Crippen molar-refractivity contribution in [1.29, 1.82) is 0 Å². The van der Waals surface area contributed by atoms with Gasteiger partial charge in [0.25, 0.3) is 5.91 Å². The van der Waals surface area contributed by atoms with Crippen molar-refractivity contribution in [3.8, 4) is 0 Å². The molecular formula is C16H22N2O2. The first kappa shape index (κ1) is 13.6. The maximum Gasteiger partial charge on any atom is 0.274 e. The molecule has 1 aliphatic heterocycles. The molecule has 1 amide bonds. The molecule has 1 aromatic rings. The van der Waals surface area contributed by atoms with E-state index >= 15 is 0 Å². The van der Waals surface area contributed by atoms with Crippen LogP contribution in [0.3, 0.4) is 0 Å². The van der Waals surface area contributed by atoms with Crippen LogP contribution in [0.2, 0.25) is 0 Å². The molecule has 0 radical (unpaired) electrons. The molecule has 0 bridgehead atoms. The quantitative estimate of drug-likeness (QED) is 0.570. The molecule has 0 aromatic heterocycles. The fraction of sp³-hybridized carbons (Fsp3) is 0.562. The van der Waals surface area contributed by atoms with Gasteiger partial charge in [0.1, 0.15) is 0 Å². The topological polar surface area (TPSA) is 61.4 Å². The van der Waals surface area contributed by atoms with Crippen molar-refractivity contribution in [3.05, 3.63) is 34.9 Å². The fourth-order valence-electron chi connectivity index (χ4n) is 3.71. The molecule has 4 heteroatoms. The third-order valence-corrected chi connectivity index (χ3v) is 4.89. The zero-order chi connectivity index (χ0) is 13.9. The van der Waals surface area contributed by atoms with Crippen LogP contribution < -0.4 is 10.8 Å². The van der Waals surface area contributed by atoms with Crippen molar-refractivity contribution in [1.82, 2.24) is 10.8 Å². The lowest BCUT2D eigenvalue weighted by Crippen LogP contribution is -2.33. The Morgan fingerprint density at radius 2 is 1.95 bits per heavy atom. The number of aryl methyl sites for hydroxylation is 1. The van der Waals surface area contributed by atoms with Crippen LogP contribution in [0.15, 0.2) is 18.2 Å². The van der Waals surface area contributed by atoms with Gasteiger partial charge in [0.05, 0.1) is 0 Å². The van der Waals surface area contributed by atoms with Gasteiger partial charge in [-0.25, -0.2) is 5.48 Å². The summed E-state index contributed by atoms with van der Waals surface area (Å²) < 4.78 is 0. The molecule has 4 nitrogen and oxygen atoms in total. The number of hydrogen-bond donors (Lipinski definition) is 3. The summed E-state index contributed by atoms with van der Waals surface area (Å²) in [5, 5.41) is 12.2. The summed E-state index contributed by atoms with van der Waals surface area (Å²) in [6.07, 6.45) is 6.01. The number of hydroxylamine groups is 1. The summed E-state index contributed by atoms with van der Waals surface area (Å²) in [6, 6.07) is 5.79. The van der Waals surface area contributed by atoms with Gasteiger partial charge in [-0.15, -0.1) is 0 Å². The Morgan fingerprint density at radius 1 is 1.15 bits per heavy atom. The van der Waals surface area contributed by atoms with Gasteiger partial charge in [-0.05, 0) is 80.3 Å². The minimum Gasteiger partial charge on any atom is -0.317 e. The molecule has 1 fully saturated rings. The highest BCUT2D eigenvalue weighted by Gasteiger charge is 2.27. The highest BCUT2D eigenvalue weighted by Crippen LogP contribution is 2.34. The number of fused-ring (bicyclic) bond motifs is 1. The summed E-state index contributed by atoms with van der Waals surface area (Å²) in [4.78, 5) is 11.5. The highest BCUT2D eigenvalue weighted by atomic mass is 16.5. The van der Waals surface area contributed by atoms with E-state index < -0.39 is 5.91 Å². The Hall–Kier alpha value is -1.39. The van der Waals surface area contributed by atoms with Crippen LogP contribution in [0, 0.1) is 11.8 Å². The lowest BCUT2D eigenvalue weighted by Gasteiger charge is -2.34. The van der Waals surface area contributed by atoms with Crippen LogP contribution >= 0.6 is 0 Å². The normalized spacial score (nSPS) is 23.1. The Bertz CT molecular complexity index is 495. The maximum atomic E-state index is 11.5. The Kier molecular flexibility index (Phi) is 4.03. The summed E-state index contributed by atoms with van der Waals surface area (Å²) in [5.41, 5.74) is 4.93. The highest BCUT2D eigenvalue weighted by molar-refractivity contribution is 5.93. The Labute approximate surface area is 119 Å². The summed E-state index contributed by atoms with van der Waals surface area (Å²) in [7, 11) is 0. The van der Waals surface area contributed by atoms with Crippen LogP contribution in [0.4, 0.5) is 0 Å². The Balaban J connectivity index is 1.76. The van der Waals surface area contributed by atoms with Gasteiger partial charge in [-0.2, -0.15) is 0 Å². The molecule has 1 heterocycles. The Morgan fingerprint density at radius 3 is 2.70 bits per heavy atom. The van der Waals surface area contributed by atoms with E-state index in [0.717, 1.165) is 37.8 Å². The number of amides is 1. The second kappa shape index (κ2) is 5.94. The molecule has 0 saturated carbocycles. The van der Waals surface area contributed by atoms with Crippen molar-refractivity contribution in [2.45, 2.75) is 32.1 Å². The van der Waals surface area contributed by atoms with E-state index in [9.17, 15) is 4.79 Å². The third kappa shape index (κ3) is 2.72. The van der Waals surface area contributed by atoms with Gasteiger partial charge in [0, 0.05) is 5.56 Å². The van der Waals surface area contributed by atoms with Crippen molar-refractivity contribution >= 4 is 5.91 Å². The first-order chi connectivity index (χ1) is 9.78. The van der Waals surface area contributed by atoms with Gasteiger partial charge in [0.2, 0.25) is 0 Å². The van der Waals surface area contributed by atoms with Crippen LogP contribution in [-0.2, 0) is 12.8 Å². The number of benzene rings is 1. The first-order valence-electron chi connectivity index (χ1n) is 7.55. The SMILES string of the molecule is O=C(NO)c1ccc2c(c1)CC(C1CCNCC1)CC2. The lowest BCUT2D eigenvalue weighted by atomic mass is 9.73. The van der Waals surface area contributed by atoms with E-state index in [1.165, 1.54) is 30.4 Å². The number of rotatable bonds is 2.